The largest absolute Gasteiger partial charge is 0.455 e. The zero-order valence-electron chi connectivity index (χ0n) is 18.4. The van der Waals surface area contributed by atoms with E-state index in [-0.39, 0.29) is 5.56 Å². The number of hydrogen-bond donors (Lipinski definition) is 1. The smallest absolute Gasteiger partial charge is 0.282 e. The summed E-state index contributed by atoms with van der Waals surface area (Å²) in [6, 6.07) is 22.5. The number of aromatic nitrogens is 3. The number of thiazole rings is 1. The van der Waals surface area contributed by atoms with Crippen LogP contribution in [0.15, 0.2) is 82.6 Å². The van der Waals surface area contributed by atoms with Crippen molar-refractivity contribution in [3.63, 3.8) is 0 Å². The van der Waals surface area contributed by atoms with Crippen LogP contribution in [0.5, 0.6) is 11.5 Å². The molecule has 0 saturated carbocycles. The fourth-order valence-corrected chi connectivity index (χ4v) is 4.68. The Morgan fingerprint density at radius 2 is 1.91 bits per heavy atom. The highest BCUT2D eigenvalue weighted by molar-refractivity contribution is 7.20. The van der Waals surface area contributed by atoms with Crippen LogP contribution in [0.4, 0.5) is 5.69 Å². The van der Waals surface area contributed by atoms with Crippen molar-refractivity contribution >= 4 is 45.1 Å². The van der Waals surface area contributed by atoms with Crippen molar-refractivity contribution in [3.8, 4) is 16.6 Å². The second kappa shape index (κ2) is 9.67. The molecule has 0 fully saturated rings. The number of H-pyrrole nitrogens is 1. The van der Waals surface area contributed by atoms with E-state index in [0.717, 1.165) is 22.3 Å². The maximum absolute atomic E-state index is 13.4. The highest BCUT2D eigenvalue weighted by Gasteiger charge is 2.16. The number of aromatic amines is 1. The van der Waals surface area contributed by atoms with Crippen LogP contribution in [-0.4, -0.2) is 21.0 Å². The number of halogens is 1. The number of rotatable bonds is 7. The first-order chi connectivity index (χ1) is 16.6. The average molecular weight is 489 g/mol. The quantitative estimate of drug-likeness (QED) is 0.252. The van der Waals surface area contributed by atoms with Gasteiger partial charge >= 0.3 is 0 Å². The maximum Gasteiger partial charge on any atom is 0.282 e. The van der Waals surface area contributed by atoms with Gasteiger partial charge in [0.25, 0.3) is 5.56 Å². The van der Waals surface area contributed by atoms with Gasteiger partial charge in [-0.3, -0.25) is 14.9 Å². The molecule has 34 heavy (non-hydrogen) atoms. The fraction of sp³-hybridized carbons (Fsp3) is 0.115. The molecule has 1 N–H and O–H groups in total. The van der Waals surface area contributed by atoms with Crippen LogP contribution >= 0.6 is 22.9 Å². The van der Waals surface area contributed by atoms with Gasteiger partial charge in [0.2, 0.25) is 5.13 Å². The standard InChI is InChI=1S/C26H21ClN4O2S/c1-2-8-20-19(25(32)31(30-20)26-29-21-11-6-7-12-24(21)34-26)16-28-22-15-17(27)13-14-23(22)33-18-9-4-3-5-10-18/h3-7,9-16,30H,2,8H2,1H3. The molecular weight excluding hydrogens is 468 g/mol. The summed E-state index contributed by atoms with van der Waals surface area (Å²) in [5.41, 5.74) is 2.50. The molecule has 2 aromatic heterocycles. The summed E-state index contributed by atoms with van der Waals surface area (Å²) in [6.45, 7) is 2.07. The van der Waals surface area contributed by atoms with E-state index in [9.17, 15) is 4.79 Å². The van der Waals surface area contributed by atoms with Gasteiger partial charge in [-0.15, -0.1) is 0 Å². The molecule has 0 amide bonds. The second-order valence-electron chi connectivity index (χ2n) is 7.64. The highest BCUT2D eigenvalue weighted by Crippen LogP contribution is 2.34. The molecule has 0 radical (unpaired) electrons. The zero-order chi connectivity index (χ0) is 23.5. The van der Waals surface area contributed by atoms with E-state index in [4.69, 9.17) is 16.3 Å². The fourth-order valence-electron chi connectivity index (χ4n) is 3.59. The van der Waals surface area contributed by atoms with Crippen molar-refractivity contribution in [2.75, 3.05) is 0 Å². The number of aliphatic imine (C=N–C) groups is 1. The Kier molecular flexibility index (Phi) is 6.29. The van der Waals surface area contributed by atoms with Crippen LogP contribution in [-0.2, 0) is 6.42 Å². The minimum Gasteiger partial charge on any atom is -0.455 e. The molecule has 6 nitrogen and oxygen atoms in total. The van der Waals surface area contributed by atoms with E-state index in [1.165, 1.54) is 16.0 Å². The minimum atomic E-state index is -0.196. The first kappa shape index (κ1) is 22.1. The molecule has 0 unspecified atom stereocenters. The summed E-state index contributed by atoms with van der Waals surface area (Å²) in [4.78, 5) is 22.6. The predicted octanol–water partition coefficient (Wildman–Crippen LogP) is 6.92. The molecule has 2 heterocycles. The molecule has 0 bridgehead atoms. The van der Waals surface area contributed by atoms with E-state index >= 15 is 0 Å². The molecule has 0 atom stereocenters. The van der Waals surface area contributed by atoms with Crippen LogP contribution in [0.3, 0.4) is 0 Å². The Morgan fingerprint density at radius 3 is 2.71 bits per heavy atom. The van der Waals surface area contributed by atoms with Gasteiger partial charge in [0.1, 0.15) is 11.4 Å². The van der Waals surface area contributed by atoms with Crippen molar-refractivity contribution < 1.29 is 4.74 Å². The van der Waals surface area contributed by atoms with Crippen molar-refractivity contribution in [1.82, 2.24) is 14.8 Å². The highest BCUT2D eigenvalue weighted by atomic mass is 35.5. The number of benzene rings is 3. The first-order valence-corrected chi connectivity index (χ1v) is 12.1. The van der Waals surface area contributed by atoms with E-state index in [0.29, 0.717) is 39.3 Å². The summed E-state index contributed by atoms with van der Waals surface area (Å²) in [7, 11) is 0. The normalized spacial score (nSPS) is 11.5. The van der Waals surface area contributed by atoms with Gasteiger partial charge in [-0.2, -0.15) is 4.68 Å². The Bertz CT molecular complexity index is 1500. The maximum atomic E-state index is 13.4. The molecule has 0 aliphatic carbocycles. The third-order valence-corrected chi connectivity index (χ3v) is 6.46. The lowest BCUT2D eigenvalue weighted by molar-refractivity contribution is 0.484. The van der Waals surface area contributed by atoms with Crippen LogP contribution in [0.2, 0.25) is 5.02 Å². The van der Waals surface area contributed by atoms with Crippen molar-refractivity contribution in [2.45, 2.75) is 19.8 Å². The van der Waals surface area contributed by atoms with E-state index in [1.54, 1.807) is 24.4 Å². The molecule has 170 valence electrons. The SMILES string of the molecule is CCCc1[nH]n(-c2nc3ccccc3s2)c(=O)c1C=Nc1cc(Cl)ccc1Oc1ccccc1. The molecule has 3 aromatic carbocycles. The van der Waals surface area contributed by atoms with Gasteiger partial charge in [0, 0.05) is 16.9 Å². The molecule has 8 heteroatoms. The number of nitrogens with zero attached hydrogens (tertiary/aromatic N) is 3. The second-order valence-corrected chi connectivity index (χ2v) is 9.09. The monoisotopic (exact) mass is 488 g/mol. The third kappa shape index (κ3) is 4.53. The summed E-state index contributed by atoms with van der Waals surface area (Å²) < 4.78 is 8.51. The van der Waals surface area contributed by atoms with Crippen molar-refractivity contribution in [1.29, 1.82) is 0 Å². The van der Waals surface area contributed by atoms with Crippen molar-refractivity contribution in [2.24, 2.45) is 4.99 Å². The lowest BCUT2D eigenvalue weighted by Crippen LogP contribution is -2.17. The number of hydrogen-bond acceptors (Lipinski definition) is 5. The van der Waals surface area contributed by atoms with Crippen LogP contribution in [0.25, 0.3) is 15.3 Å². The molecule has 5 aromatic rings. The van der Waals surface area contributed by atoms with Gasteiger partial charge in [0.05, 0.1) is 15.8 Å². The zero-order valence-corrected chi connectivity index (χ0v) is 19.9. The number of aryl methyl sites for hydroxylation is 1. The van der Waals surface area contributed by atoms with Gasteiger partial charge in [-0.25, -0.2) is 4.98 Å². The van der Waals surface area contributed by atoms with Crippen LogP contribution in [0.1, 0.15) is 24.6 Å². The summed E-state index contributed by atoms with van der Waals surface area (Å²) in [5.74, 6) is 1.23. The minimum absolute atomic E-state index is 0.196. The van der Waals surface area contributed by atoms with Gasteiger partial charge in [0.15, 0.2) is 5.75 Å². The molecule has 0 aliphatic rings. The molecular formula is C26H21ClN4O2S. The number of para-hydroxylation sites is 2. The molecule has 0 spiro atoms. The topological polar surface area (TPSA) is 72.3 Å². The number of fused-ring (bicyclic) bond motifs is 1. The Labute approximate surface area is 205 Å². The molecule has 0 aliphatic heterocycles. The van der Waals surface area contributed by atoms with Gasteiger partial charge in [-0.05, 0) is 48.9 Å². The Morgan fingerprint density at radius 1 is 1.12 bits per heavy atom. The van der Waals surface area contributed by atoms with E-state index in [2.05, 4.69) is 22.0 Å². The van der Waals surface area contributed by atoms with E-state index < -0.39 is 0 Å². The van der Waals surface area contributed by atoms with Crippen molar-refractivity contribution in [3.05, 3.63) is 99.4 Å². The third-order valence-electron chi connectivity index (χ3n) is 5.20. The van der Waals surface area contributed by atoms with Gasteiger partial charge < -0.3 is 4.74 Å². The summed E-state index contributed by atoms with van der Waals surface area (Å²) in [5, 5.41) is 4.36. The number of nitrogens with one attached hydrogen (secondary N) is 1. The number of ether oxygens (including phenoxy) is 1. The lowest BCUT2D eigenvalue weighted by Gasteiger charge is -2.08. The predicted molar refractivity (Wildman–Crippen MR) is 139 cm³/mol. The van der Waals surface area contributed by atoms with Crippen LogP contribution in [0, 0.1) is 0 Å². The lowest BCUT2D eigenvalue weighted by atomic mass is 10.2. The summed E-state index contributed by atoms with van der Waals surface area (Å²) >= 11 is 7.69. The molecule has 5 rings (SSSR count). The summed E-state index contributed by atoms with van der Waals surface area (Å²) in [6.07, 6.45) is 3.16. The molecule has 0 saturated heterocycles. The van der Waals surface area contributed by atoms with Gasteiger partial charge in [-0.1, -0.05) is 66.6 Å². The Balaban J connectivity index is 1.54. The first-order valence-electron chi connectivity index (χ1n) is 10.9. The van der Waals surface area contributed by atoms with E-state index in [1.807, 2.05) is 54.6 Å². The average Bonchev–Trinajstić information content (AvgIpc) is 3.41. The van der Waals surface area contributed by atoms with Crippen LogP contribution < -0.4 is 10.3 Å². The Hall–Kier alpha value is -3.68.